The van der Waals surface area contributed by atoms with E-state index in [9.17, 15) is 4.39 Å². The minimum absolute atomic E-state index is 0.289. The standard InChI is InChI=1S/C13H20FN3O/c1-9(2)17-13(15-3)16-7-10-4-5-12(14)11(6-10)8-18/h4-6,9,18H,7-8H2,1-3H3,(H2,15,16,17). The predicted molar refractivity (Wildman–Crippen MR) is 70.8 cm³/mol. The zero-order chi connectivity index (χ0) is 13.5. The SMILES string of the molecule is CN=C(NCc1ccc(F)c(CO)c1)NC(C)C. The molecule has 5 heteroatoms. The smallest absolute Gasteiger partial charge is 0.191 e. The Balaban J connectivity index is 2.62. The maximum absolute atomic E-state index is 13.2. The van der Waals surface area contributed by atoms with Crippen molar-refractivity contribution >= 4 is 5.96 Å². The Bertz CT molecular complexity index is 419. The second-order valence-electron chi connectivity index (χ2n) is 4.31. The van der Waals surface area contributed by atoms with Crippen LogP contribution in [-0.2, 0) is 13.2 Å². The Morgan fingerprint density at radius 1 is 1.44 bits per heavy atom. The first-order valence-electron chi connectivity index (χ1n) is 5.92. The van der Waals surface area contributed by atoms with E-state index in [-0.39, 0.29) is 18.5 Å². The van der Waals surface area contributed by atoms with E-state index in [4.69, 9.17) is 5.11 Å². The van der Waals surface area contributed by atoms with E-state index in [0.29, 0.717) is 18.1 Å². The molecule has 0 atom stereocenters. The number of guanidine groups is 1. The minimum Gasteiger partial charge on any atom is -0.392 e. The van der Waals surface area contributed by atoms with Gasteiger partial charge in [-0.2, -0.15) is 0 Å². The fraction of sp³-hybridized carbons (Fsp3) is 0.462. The van der Waals surface area contributed by atoms with Crippen LogP contribution in [0.25, 0.3) is 0 Å². The highest BCUT2D eigenvalue weighted by atomic mass is 19.1. The molecule has 0 aliphatic heterocycles. The summed E-state index contributed by atoms with van der Waals surface area (Å²) in [5, 5.41) is 15.3. The van der Waals surface area contributed by atoms with Crippen LogP contribution in [0.4, 0.5) is 4.39 Å². The molecule has 0 saturated heterocycles. The van der Waals surface area contributed by atoms with Crippen molar-refractivity contribution in [3.63, 3.8) is 0 Å². The van der Waals surface area contributed by atoms with Gasteiger partial charge in [0.25, 0.3) is 0 Å². The number of nitrogens with zero attached hydrogens (tertiary/aromatic N) is 1. The van der Waals surface area contributed by atoms with Gasteiger partial charge >= 0.3 is 0 Å². The maximum atomic E-state index is 13.2. The number of hydrogen-bond donors (Lipinski definition) is 3. The first kappa shape index (κ1) is 14.4. The van der Waals surface area contributed by atoms with E-state index in [2.05, 4.69) is 15.6 Å². The molecule has 0 unspecified atom stereocenters. The first-order valence-corrected chi connectivity index (χ1v) is 5.92. The van der Waals surface area contributed by atoms with E-state index in [0.717, 1.165) is 5.56 Å². The van der Waals surface area contributed by atoms with Crippen molar-refractivity contribution in [2.75, 3.05) is 7.05 Å². The van der Waals surface area contributed by atoms with Crippen LogP contribution in [0.15, 0.2) is 23.2 Å². The van der Waals surface area contributed by atoms with Gasteiger partial charge < -0.3 is 15.7 Å². The van der Waals surface area contributed by atoms with E-state index >= 15 is 0 Å². The lowest BCUT2D eigenvalue weighted by molar-refractivity contribution is 0.275. The Kier molecular flexibility index (Phi) is 5.58. The van der Waals surface area contributed by atoms with Gasteiger partial charge in [-0.3, -0.25) is 4.99 Å². The van der Waals surface area contributed by atoms with Gasteiger partial charge in [-0.05, 0) is 31.5 Å². The second-order valence-corrected chi connectivity index (χ2v) is 4.31. The maximum Gasteiger partial charge on any atom is 0.191 e. The van der Waals surface area contributed by atoms with Crippen LogP contribution in [0.3, 0.4) is 0 Å². The number of hydrogen-bond acceptors (Lipinski definition) is 2. The molecular formula is C13H20FN3O. The summed E-state index contributed by atoms with van der Waals surface area (Å²) >= 11 is 0. The van der Waals surface area contributed by atoms with Crippen molar-refractivity contribution in [2.24, 2.45) is 4.99 Å². The number of aliphatic hydroxyl groups excluding tert-OH is 1. The largest absolute Gasteiger partial charge is 0.392 e. The summed E-state index contributed by atoms with van der Waals surface area (Å²) in [7, 11) is 1.70. The van der Waals surface area contributed by atoms with E-state index in [1.54, 1.807) is 19.2 Å². The van der Waals surface area contributed by atoms with Crippen molar-refractivity contribution < 1.29 is 9.50 Å². The van der Waals surface area contributed by atoms with Gasteiger partial charge in [-0.15, -0.1) is 0 Å². The van der Waals surface area contributed by atoms with Crippen molar-refractivity contribution in [1.82, 2.24) is 10.6 Å². The molecule has 0 heterocycles. The van der Waals surface area contributed by atoms with Crippen LogP contribution in [0.1, 0.15) is 25.0 Å². The fourth-order valence-corrected chi connectivity index (χ4v) is 1.51. The van der Waals surface area contributed by atoms with Crippen molar-refractivity contribution in [1.29, 1.82) is 0 Å². The van der Waals surface area contributed by atoms with Crippen LogP contribution in [0.5, 0.6) is 0 Å². The van der Waals surface area contributed by atoms with Crippen molar-refractivity contribution in [3.8, 4) is 0 Å². The average Bonchev–Trinajstić information content (AvgIpc) is 2.35. The summed E-state index contributed by atoms with van der Waals surface area (Å²) in [6, 6.07) is 4.98. The summed E-state index contributed by atoms with van der Waals surface area (Å²) in [4.78, 5) is 4.07. The number of halogens is 1. The fourth-order valence-electron chi connectivity index (χ4n) is 1.51. The van der Waals surface area contributed by atoms with Crippen LogP contribution in [0.2, 0.25) is 0 Å². The molecule has 0 fully saturated rings. The Morgan fingerprint density at radius 3 is 2.72 bits per heavy atom. The summed E-state index contributed by atoms with van der Waals surface area (Å²) in [5.41, 5.74) is 1.20. The Hall–Kier alpha value is -1.62. The molecule has 0 bridgehead atoms. The number of rotatable bonds is 4. The second kappa shape index (κ2) is 6.96. The van der Waals surface area contributed by atoms with Gasteiger partial charge in [-0.1, -0.05) is 6.07 Å². The summed E-state index contributed by atoms with van der Waals surface area (Å²) in [6.07, 6.45) is 0. The third-order valence-electron chi connectivity index (χ3n) is 2.39. The molecule has 0 aliphatic carbocycles. The van der Waals surface area contributed by atoms with Gasteiger partial charge in [0.1, 0.15) is 5.82 Å². The van der Waals surface area contributed by atoms with Gasteiger partial charge in [0.15, 0.2) is 5.96 Å². The Morgan fingerprint density at radius 2 is 2.17 bits per heavy atom. The molecule has 0 radical (unpaired) electrons. The van der Waals surface area contributed by atoms with Gasteiger partial charge in [0.05, 0.1) is 6.61 Å². The number of benzene rings is 1. The molecule has 4 nitrogen and oxygen atoms in total. The highest BCUT2D eigenvalue weighted by Gasteiger charge is 2.04. The van der Waals surface area contributed by atoms with Crippen LogP contribution in [0, 0.1) is 5.82 Å². The number of nitrogens with one attached hydrogen (secondary N) is 2. The summed E-state index contributed by atoms with van der Waals surface area (Å²) in [6.45, 7) is 4.28. The number of aliphatic imine (C=N–C) groups is 1. The van der Waals surface area contributed by atoms with Crippen LogP contribution < -0.4 is 10.6 Å². The van der Waals surface area contributed by atoms with Crippen LogP contribution in [-0.4, -0.2) is 24.2 Å². The minimum atomic E-state index is -0.383. The lowest BCUT2D eigenvalue weighted by Crippen LogP contribution is -2.40. The molecule has 100 valence electrons. The zero-order valence-electron chi connectivity index (χ0n) is 11.0. The van der Waals surface area contributed by atoms with E-state index < -0.39 is 0 Å². The molecule has 0 aliphatic rings. The molecular weight excluding hydrogens is 233 g/mol. The third-order valence-corrected chi connectivity index (χ3v) is 2.39. The predicted octanol–water partition coefficient (Wildman–Crippen LogP) is 1.39. The molecule has 1 aromatic carbocycles. The summed E-state index contributed by atoms with van der Waals surface area (Å²) < 4.78 is 13.2. The first-order chi connectivity index (χ1) is 8.56. The molecule has 0 saturated carbocycles. The normalized spacial score (nSPS) is 11.8. The lowest BCUT2D eigenvalue weighted by atomic mass is 10.1. The lowest BCUT2D eigenvalue weighted by Gasteiger charge is -2.14. The van der Waals surface area contributed by atoms with Gasteiger partial charge in [0, 0.05) is 25.2 Å². The molecule has 0 aromatic heterocycles. The van der Waals surface area contributed by atoms with Gasteiger partial charge in [0.2, 0.25) is 0 Å². The highest BCUT2D eigenvalue weighted by molar-refractivity contribution is 5.79. The topological polar surface area (TPSA) is 56.7 Å². The molecule has 0 spiro atoms. The average molecular weight is 253 g/mol. The molecule has 1 aromatic rings. The highest BCUT2D eigenvalue weighted by Crippen LogP contribution is 2.10. The van der Waals surface area contributed by atoms with Crippen LogP contribution >= 0.6 is 0 Å². The van der Waals surface area contributed by atoms with Gasteiger partial charge in [-0.25, -0.2) is 4.39 Å². The van der Waals surface area contributed by atoms with Crippen molar-refractivity contribution in [3.05, 3.63) is 35.1 Å². The molecule has 18 heavy (non-hydrogen) atoms. The van der Waals surface area contributed by atoms with E-state index in [1.807, 2.05) is 13.8 Å². The zero-order valence-corrected chi connectivity index (χ0v) is 11.0. The molecule has 3 N–H and O–H groups in total. The third kappa shape index (κ3) is 4.33. The molecule has 0 amide bonds. The number of aliphatic hydroxyl groups is 1. The Labute approximate surface area is 107 Å². The summed E-state index contributed by atoms with van der Waals surface area (Å²) in [5.74, 6) is 0.311. The monoisotopic (exact) mass is 253 g/mol. The molecule has 1 rings (SSSR count). The van der Waals surface area contributed by atoms with E-state index in [1.165, 1.54) is 6.07 Å². The van der Waals surface area contributed by atoms with Crippen molar-refractivity contribution in [2.45, 2.75) is 33.0 Å². The quantitative estimate of drug-likeness (QED) is 0.561.